The van der Waals surface area contributed by atoms with Crippen LogP contribution in [-0.2, 0) is 4.74 Å². The molecule has 0 bridgehead atoms. The molecular weight excluding hydrogens is 470 g/mol. The van der Waals surface area contributed by atoms with Gasteiger partial charge in [-0.3, -0.25) is 0 Å². The number of hydrogen-bond acceptors (Lipinski definition) is 6. The first-order valence-corrected chi connectivity index (χ1v) is 12.9. The Morgan fingerprint density at radius 1 is 1.00 bits per heavy atom. The van der Waals surface area contributed by atoms with Crippen LogP contribution in [0.5, 0.6) is 0 Å². The predicted molar refractivity (Wildman–Crippen MR) is 144 cm³/mol. The van der Waals surface area contributed by atoms with Gasteiger partial charge in [0.15, 0.2) is 0 Å². The summed E-state index contributed by atoms with van der Waals surface area (Å²) in [5.74, 6) is -0.102. The van der Waals surface area contributed by atoms with Crippen LogP contribution in [0.15, 0.2) is 48.7 Å². The molecule has 1 saturated heterocycles. The van der Waals surface area contributed by atoms with E-state index in [0.717, 1.165) is 44.8 Å². The second kappa shape index (κ2) is 9.61. The molecule has 0 unspecified atom stereocenters. The monoisotopic (exact) mass is 505 g/mol. The minimum absolute atomic E-state index is 0.0415. The topological polar surface area (TPSA) is 91.1 Å². The number of nitrogens with zero attached hydrogens (tertiary/aromatic N) is 5. The number of pyridine rings is 1. The Balaban J connectivity index is 1.32. The van der Waals surface area contributed by atoms with Crippen LogP contribution >= 0.6 is 0 Å². The highest BCUT2D eigenvalue weighted by atomic mass is 16.6. The maximum atomic E-state index is 12.5. The second-order valence-corrected chi connectivity index (χ2v) is 11.0. The number of carbonyl (C=O) groups is 2. The van der Waals surface area contributed by atoms with Crippen molar-refractivity contribution in [1.82, 2.24) is 14.5 Å². The van der Waals surface area contributed by atoms with E-state index in [-0.39, 0.29) is 23.7 Å². The number of aromatic nitrogens is 2. The van der Waals surface area contributed by atoms with Crippen LogP contribution in [-0.4, -0.2) is 76.5 Å². The standard InChI is InChI=1S/C28H35N5O4/c1-28(2,3)37-27(36)30(4)20-16-21(17-20)33-18-23(26(34)35)22-10-11-24(29-25(22)33)32-14-12-31(13-15-32)19-8-6-5-7-9-19/h5-11,18,20-21H,12-17H2,1-4H3,(H,34,35)/t20-,21+. The third-order valence-corrected chi connectivity index (χ3v) is 7.33. The van der Waals surface area contributed by atoms with Crippen molar-refractivity contribution in [2.75, 3.05) is 43.0 Å². The molecule has 0 radical (unpaired) electrons. The van der Waals surface area contributed by atoms with Crippen molar-refractivity contribution >= 4 is 34.6 Å². The Morgan fingerprint density at radius 2 is 1.65 bits per heavy atom. The lowest BCUT2D eigenvalue weighted by Gasteiger charge is -2.42. The van der Waals surface area contributed by atoms with E-state index in [0.29, 0.717) is 11.0 Å². The first kappa shape index (κ1) is 24.9. The molecule has 0 spiro atoms. The van der Waals surface area contributed by atoms with Gasteiger partial charge in [0.1, 0.15) is 17.1 Å². The molecule has 37 heavy (non-hydrogen) atoms. The molecule has 1 N–H and O–H groups in total. The fourth-order valence-electron chi connectivity index (χ4n) is 5.16. The van der Waals surface area contributed by atoms with Gasteiger partial charge in [0.25, 0.3) is 0 Å². The van der Waals surface area contributed by atoms with Crippen molar-refractivity contribution in [2.24, 2.45) is 0 Å². The molecule has 0 atom stereocenters. The van der Waals surface area contributed by atoms with Gasteiger partial charge >= 0.3 is 12.1 Å². The molecule has 9 heteroatoms. The highest BCUT2D eigenvalue weighted by Crippen LogP contribution is 2.39. The lowest BCUT2D eigenvalue weighted by molar-refractivity contribution is 0.00809. The molecule has 196 valence electrons. The van der Waals surface area contributed by atoms with E-state index >= 15 is 0 Å². The van der Waals surface area contributed by atoms with E-state index in [1.807, 2.05) is 43.5 Å². The molecular formula is C28H35N5O4. The maximum Gasteiger partial charge on any atom is 0.410 e. The largest absolute Gasteiger partial charge is 0.478 e. The van der Waals surface area contributed by atoms with E-state index < -0.39 is 11.6 Å². The number of benzene rings is 1. The van der Waals surface area contributed by atoms with Gasteiger partial charge in [0.2, 0.25) is 0 Å². The quantitative estimate of drug-likeness (QED) is 0.541. The number of carboxylic acid groups (broad SMARTS) is 1. The van der Waals surface area contributed by atoms with Crippen molar-refractivity contribution in [3.8, 4) is 0 Å². The minimum atomic E-state index is -0.962. The van der Waals surface area contributed by atoms with Gasteiger partial charge < -0.3 is 29.1 Å². The number of anilines is 2. The van der Waals surface area contributed by atoms with Crippen molar-refractivity contribution in [2.45, 2.75) is 51.3 Å². The van der Waals surface area contributed by atoms with Crippen LogP contribution < -0.4 is 9.80 Å². The number of fused-ring (bicyclic) bond motifs is 1. The summed E-state index contributed by atoms with van der Waals surface area (Å²) in [5, 5.41) is 10.5. The van der Waals surface area contributed by atoms with E-state index in [9.17, 15) is 14.7 Å². The number of piperazine rings is 1. The fraction of sp³-hybridized carbons (Fsp3) is 0.464. The lowest BCUT2D eigenvalue weighted by atomic mass is 9.85. The van der Waals surface area contributed by atoms with Crippen LogP contribution in [0.4, 0.5) is 16.3 Å². The first-order valence-electron chi connectivity index (χ1n) is 12.9. The normalized spacial score (nSPS) is 20.0. The van der Waals surface area contributed by atoms with Gasteiger partial charge in [0.05, 0.1) is 5.56 Å². The Bertz CT molecular complexity index is 1290. The summed E-state index contributed by atoms with van der Waals surface area (Å²) < 4.78 is 7.49. The van der Waals surface area contributed by atoms with E-state index in [1.165, 1.54) is 5.69 Å². The predicted octanol–water partition coefficient (Wildman–Crippen LogP) is 4.63. The van der Waals surface area contributed by atoms with Crippen LogP contribution in [0.3, 0.4) is 0 Å². The number of carbonyl (C=O) groups excluding carboxylic acids is 1. The average molecular weight is 506 g/mol. The third-order valence-electron chi connectivity index (χ3n) is 7.33. The van der Waals surface area contributed by atoms with Crippen LogP contribution in [0.2, 0.25) is 0 Å². The van der Waals surface area contributed by atoms with Crippen LogP contribution in [0.1, 0.15) is 50.0 Å². The first-order chi connectivity index (χ1) is 17.6. The minimum Gasteiger partial charge on any atom is -0.478 e. The number of para-hydroxylation sites is 1. The van der Waals surface area contributed by atoms with Gasteiger partial charge in [-0.25, -0.2) is 14.6 Å². The SMILES string of the molecule is CN(C(=O)OC(C)(C)C)[C@H]1C[C@@H](n2cc(C(=O)O)c3ccc(N4CCN(c5ccccc5)CC4)nc32)C1. The average Bonchev–Trinajstić information content (AvgIpc) is 3.21. The number of carboxylic acids is 1. The molecule has 3 aromatic rings. The molecule has 9 nitrogen and oxygen atoms in total. The molecule has 1 aliphatic heterocycles. The Kier molecular flexibility index (Phi) is 6.47. The fourth-order valence-corrected chi connectivity index (χ4v) is 5.16. The molecule has 1 aliphatic carbocycles. The molecule has 2 aliphatic rings. The molecule has 5 rings (SSSR count). The van der Waals surface area contributed by atoms with Gasteiger partial charge in [-0.05, 0) is 57.9 Å². The number of amides is 1. The van der Waals surface area contributed by atoms with Crippen molar-refractivity contribution in [3.05, 3.63) is 54.2 Å². The van der Waals surface area contributed by atoms with Crippen LogP contribution in [0.25, 0.3) is 11.0 Å². The van der Waals surface area contributed by atoms with Gasteiger partial charge in [-0.2, -0.15) is 0 Å². The Hall–Kier alpha value is -3.75. The lowest BCUT2D eigenvalue weighted by Crippen LogP contribution is -2.47. The van der Waals surface area contributed by atoms with Crippen molar-refractivity contribution in [1.29, 1.82) is 0 Å². The summed E-state index contributed by atoms with van der Waals surface area (Å²) in [5.41, 5.74) is 1.62. The van der Waals surface area contributed by atoms with Crippen molar-refractivity contribution in [3.63, 3.8) is 0 Å². The molecule has 1 amide bonds. The summed E-state index contributed by atoms with van der Waals surface area (Å²) in [6.45, 7) is 9.03. The number of ether oxygens (including phenoxy) is 1. The molecule has 2 fully saturated rings. The summed E-state index contributed by atoms with van der Waals surface area (Å²) in [6, 6.07) is 14.3. The number of hydrogen-bond donors (Lipinski definition) is 1. The summed E-state index contributed by atoms with van der Waals surface area (Å²) >= 11 is 0. The number of rotatable bonds is 5. The molecule has 1 aromatic carbocycles. The third kappa shape index (κ3) is 5.08. The number of aromatic carboxylic acids is 1. The van der Waals surface area contributed by atoms with E-state index in [2.05, 4.69) is 34.1 Å². The van der Waals surface area contributed by atoms with E-state index in [1.54, 1.807) is 18.1 Å². The van der Waals surface area contributed by atoms with Gasteiger partial charge in [-0.15, -0.1) is 0 Å². The zero-order valence-electron chi connectivity index (χ0n) is 21.9. The summed E-state index contributed by atoms with van der Waals surface area (Å²) in [7, 11) is 1.76. The molecule has 2 aromatic heterocycles. The summed E-state index contributed by atoms with van der Waals surface area (Å²) in [4.78, 5) is 35.7. The highest BCUT2D eigenvalue weighted by molar-refractivity contribution is 6.02. The second-order valence-electron chi connectivity index (χ2n) is 11.0. The zero-order valence-corrected chi connectivity index (χ0v) is 21.9. The van der Waals surface area contributed by atoms with Gasteiger partial charge in [0, 0.05) is 62.6 Å². The Morgan fingerprint density at radius 3 is 2.27 bits per heavy atom. The Labute approximate surface area is 217 Å². The molecule has 1 saturated carbocycles. The zero-order chi connectivity index (χ0) is 26.3. The van der Waals surface area contributed by atoms with Crippen molar-refractivity contribution < 1.29 is 19.4 Å². The smallest absolute Gasteiger partial charge is 0.410 e. The van der Waals surface area contributed by atoms with Crippen LogP contribution in [0, 0.1) is 0 Å². The van der Waals surface area contributed by atoms with Gasteiger partial charge in [-0.1, -0.05) is 18.2 Å². The van der Waals surface area contributed by atoms with E-state index in [4.69, 9.17) is 9.72 Å². The summed E-state index contributed by atoms with van der Waals surface area (Å²) in [6.07, 6.45) is 2.81. The maximum absolute atomic E-state index is 12.5. The highest BCUT2D eigenvalue weighted by Gasteiger charge is 2.38. The molecule has 3 heterocycles.